The normalized spacial score (nSPS) is 11.1. The van der Waals surface area contributed by atoms with Crippen LogP contribution in [0.2, 0.25) is 10.0 Å². The molecule has 0 saturated heterocycles. The van der Waals surface area contributed by atoms with E-state index in [1.807, 2.05) is 17.7 Å². The summed E-state index contributed by atoms with van der Waals surface area (Å²) in [4.78, 5) is 8.66. The lowest BCUT2D eigenvalue weighted by Crippen LogP contribution is -1.95. The maximum absolute atomic E-state index is 6.06. The van der Waals surface area contributed by atoms with Crippen molar-refractivity contribution in [2.24, 2.45) is 7.05 Å². The largest absolute Gasteiger partial charge is 0.396 e. The zero-order valence-electron chi connectivity index (χ0n) is 10.1. The van der Waals surface area contributed by atoms with E-state index < -0.39 is 0 Å². The van der Waals surface area contributed by atoms with E-state index in [1.165, 1.54) is 0 Å². The molecular weight excluding hydrogens is 283 g/mol. The number of benzene rings is 1. The molecule has 2 heterocycles. The van der Waals surface area contributed by atoms with E-state index in [0.29, 0.717) is 15.7 Å². The van der Waals surface area contributed by atoms with Gasteiger partial charge in [0.1, 0.15) is 5.82 Å². The molecule has 0 aliphatic heterocycles. The number of pyridine rings is 1. The minimum absolute atomic E-state index is 0.382. The zero-order valence-corrected chi connectivity index (χ0v) is 11.6. The van der Waals surface area contributed by atoms with Crippen LogP contribution in [0.4, 0.5) is 5.69 Å². The first-order valence-corrected chi connectivity index (χ1v) is 6.35. The molecule has 3 rings (SSSR count). The Morgan fingerprint density at radius 1 is 1.21 bits per heavy atom. The lowest BCUT2D eigenvalue weighted by Gasteiger charge is -2.06. The molecule has 2 aromatic heterocycles. The number of nitrogen functional groups attached to an aromatic ring is 1. The second kappa shape index (κ2) is 4.40. The summed E-state index contributed by atoms with van der Waals surface area (Å²) >= 11 is 12.1. The van der Waals surface area contributed by atoms with Crippen molar-refractivity contribution in [2.75, 3.05) is 5.73 Å². The number of hydrogen-bond acceptors (Lipinski definition) is 3. The van der Waals surface area contributed by atoms with Crippen molar-refractivity contribution in [3.8, 4) is 11.4 Å². The quantitative estimate of drug-likeness (QED) is 0.698. The summed E-state index contributed by atoms with van der Waals surface area (Å²) in [5.41, 5.74) is 8.76. The van der Waals surface area contributed by atoms with Gasteiger partial charge in [-0.25, -0.2) is 4.98 Å². The summed E-state index contributed by atoms with van der Waals surface area (Å²) in [5, 5.41) is 0.848. The highest BCUT2D eigenvalue weighted by Crippen LogP contribution is 2.33. The molecule has 0 atom stereocenters. The molecule has 4 nitrogen and oxygen atoms in total. The molecule has 0 aliphatic rings. The van der Waals surface area contributed by atoms with Gasteiger partial charge in [0.05, 0.1) is 33.0 Å². The molecule has 96 valence electrons. The highest BCUT2D eigenvalue weighted by molar-refractivity contribution is 6.39. The van der Waals surface area contributed by atoms with Gasteiger partial charge in [-0.3, -0.25) is 4.98 Å². The highest BCUT2D eigenvalue weighted by Gasteiger charge is 2.13. The van der Waals surface area contributed by atoms with Crippen molar-refractivity contribution in [2.45, 2.75) is 0 Å². The van der Waals surface area contributed by atoms with Crippen LogP contribution in [0.25, 0.3) is 22.4 Å². The average Bonchev–Trinajstić information content (AvgIpc) is 2.73. The van der Waals surface area contributed by atoms with Crippen LogP contribution >= 0.6 is 23.2 Å². The predicted octanol–water partition coefficient (Wildman–Crippen LogP) is 3.52. The van der Waals surface area contributed by atoms with E-state index in [2.05, 4.69) is 9.97 Å². The molecule has 0 saturated carbocycles. The summed E-state index contributed by atoms with van der Waals surface area (Å²) in [7, 11) is 1.92. The van der Waals surface area contributed by atoms with Gasteiger partial charge >= 0.3 is 0 Å². The molecule has 0 bridgehead atoms. The number of anilines is 1. The van der Waals surface area contributed by atoms with Gasteiger partial charge < -0.3 is 10.3 Å². The summed E-state index contributed by atoms with van der Waals surface area (Å²) in [5.74, 6) is 0.770. The number of nitrogens with zero attached hydrogens (tertiary/aromatic N) is 3. The van der Waals surface area contributed by atoms with Gasteiger partial charge in [-0.1, -0.05) is 23.2 Å². The van der Waals surface area contributed by atoms with Crippen LogP contribution in [0.3, 0.4) is 0 Å². The fraction of sp³-hybridized carbons (Fsp3) is 0.0769. The number of halogens is 2. The number of rotatable bonds is 1. The zero-order chi connectivity index (χ0) is 13.6. The maximum Gasteiger partial charge on any atom is 0.141 e. The molecule has 0 fully saturated rings. The number of hydrogen-bond donors (Lipinski definition) is 1. The Morgan fingerprint density at radius 2 is 1.89 bits per heavy atom. The molecule has 1 aromatic carbocycles. The SMILES string of the molecule is Cn1c(-c2cc(Cl)c(N)c(Cl)c2)nc2ccncc21. The predicted molar refractivity (Wildman–Crippen MR) is 78.4 cm³/mol. The minimum Gasteiger partial charge on any atom is -0.396 e. The lowest BCUT2D eigenvalue weighted by molar-refractivity contribution is 0.956. The monoisotopic (exact) mass is 292 g/mol. The highest BCUT2D eigenvalue weighted by atomic mass is 35.5. The van der Waals surface area contributed by atoms with Gasteiger partial charge in [-0.15, -0.1) is 0 Å². The van der Waals surface area contributed by atoms with Gasteiger partial charge in [-0.2, -0.15) is 0 Å². The van der Waals surface area contributed by atoms with Crippen molar-refractivity contribution in [1.82, 2.24) is 14.5 Å². The van der Waals surface area contributed by atoms with Crippen molar-refractivity contribution < 1.29 is 0 Å². The summed E-state index contributed by atoms with van der Waals surface area (Å²) in [6.45, 7) is 0. The Kier molecular flexibility index (Phi) is 2.84. The van der Waals surface area contributed by atoms with Crippen LogP contribution in [-0.2, 0) is 7.05 Å². The molecular formula is C13H10Cl2N4. The summed E-state index contributed by atoms with van der Waals surface area (Å²) < 4.78 is 1.94. The molecule has 6 heteroatoms. The smallest absolute Gasteiger partial charge is 0.141 e. The molecule has 0 aliphatic carbocycles. The number of aromatic nitrogens is 3. The summed E-state index contributed by atoms with van der Waals surface area (Å²) in [6.07, 6.45) is 3.48. The van der Waals surface area contributed by atoms with Gasteiger partial charge in [0.25, 0.3) is 0 Å². The molecule has 3 aromatic rings. The maximum atomic E-state index is 6.06. The second-order valence-electron chi connectivity index (χ2n) is 4.21. The first kappa shape index (κ1) is 12.3. The van der Waals surface area contributed by atoms with E-state index >= 15 is 0 Å². The van der Waals surface area contributed by atoms with Crippen LogP contribution in [0.15, 0.2) is 30.6 Å². The van der Waals surface area contributed by atoms with Gasteiger partial charge in [0, 0.05) is 18.8 Å². The van der Waals surface area contributed by atoms with E-state index in [4.69, 9.17) is 28.9 Å². The summed E-state index contributed by atoms with van der Waals surface area (Å²) in [6, 6.07) is 5.38. The van der Waals surface area contributed by atoms with Crippen LogP contribution in [0, 0.1) is 0 Å². The number of imidazole rings is 1. The lowest BCUT2D eigenvalue weighted by atomic mass is 10.2. The molecule has 0 spiro atoms. The van der Waals surface area contributed by atoms with Crippen LogP contribution in [0.5, 0.6) is 0 Å². The standard InChI is InChI=1S/C13H10Cl2N4/c1-19-11-6-17-3-2-10(11)18-13(19)7-4-8(14)12(16)9(15)5-7/h2-6H,16H2,1H3. The average molecular weight is 293 g/mol. The van der Waals surface area contributed by atoms with Gasteiger partial charge in [0.15, 0.2) is 0 Å². The van der Waals surface area contributed by atoms with Crippen molar-refractivity contribution in [3.63, 3.8) is 0 Å². The third-order valence-corrected chi connectivity index (χ3v) is 3.65. The molecule has 0 amide bonds. The Hall–Kier alpha value is -1.78. The van der Waals surface area contributed by atoms with Crippen molar-refractivity contribution >= 4 is 39.9 Å². The number of aryl methyl sites for hydroxylation is 1. The van der Waals surface area contributed by atoms with Gasteiger partial charge in [0.2, 0.25) is 0 Å². The van der Waals surface area contributed by atoms with Crippen LogP contribution in [0.1, 0.15) is 0 Å². The Balaban J connectivity index is 2.27. The van der Waals surface area contributed by atoms with E-state index in [-0.39, 0.29) is 0 Å². The third-order valence-electron chi connectivity index (χ3n) is 3.02. The molecule has 19 heavy (non-hydrogen) atoms. The van der Waals surface area contributed by atoms with Crippen LogP contribution in [-0.4, -0.2) is 14.5 Å². The first-order valence-electron chi connectivity index (χ1n) is 5.59. The van der Waals surface area contributed by atoms with E-state index in [1.54, 1.807) is 24.5 Å². The Morgan fingerprint density at radius 3 is 2.53 bits per heavy atom. The Bertz CT molecular complexity index is 756. The molecule has 0 radical (unpaired) electrons. The number of fused-ring (bicyclic) bond motifs is 1. The second-order valence-corrected chi connectivity index (χ2v) is 5.03. The van der Waals surface area contributed by atoms with Gasteiger partial charge in [-0.05, 0) is 18.2 Å². The molecule has 0 unspecified atom stereocenters. The van der Waals surface area contributed by atoms with E-state index in [9.17, 15) is 0 Å². The first-order chi connectivity index (χ1) is 9.08. The van der Waals surface area contributed by atoms with E-state index in [0.717, 1.165) is 22.4 Å². The number of nitrogens with two attached hydrogens (primary N) is 1. The Labute approximate surface area is 119 Å². The fourth-order valence-electron chi connectivity index (χ4n) is 2.01. The minimum atomic E-state index is 0.382. The van der Waals surface area contributed by atoms with Crippen molar-refractivity contribution in [3.05, 3.63) is 40.6 Å². The molecule has 2 N–H and O–H groups in total. The third kappa shape index (κ3) is 1.93. The topological polar surface area (TPSA) is 56.7 Å². The fourth-order valence-corrected chi connectivity index (χ4v) is 2.49. The van der Waals surface area contributed by atoms with Crippen molar-refractivity contribution in [1.29, 1.82) is 0 Å². The van der Waals surface area contributed by atoms with Crippen LogP contribution < -0.4 is 5.73 Å².